The predicted molar refractivity (Wildman–Crippen MR) is 87.2 cm³/mol. The number of rotatable bonds is 3. The minimum absolute atomic E-state index is 0. The highest BCUT2D eigenvalue weighted by atomic mass is 35.5. The summed E-state index contributed by atoms with van der Waals surface area (Å²) in [6, 6.07) is 13.7. The molecule has 0 spiro atoms. The topological polar surface area (TPSA) is 61.8 Å². The van der Waals surface area contributed by atoms with Crippen LogP contribution < -0.4 is 0 Å². The molecule has 0 atom stereocenters. The van der Waals surface area contributed by atoms with E-state index < -0.39 is 0 Å². The number of halogens is 1. The lowest BCUT2D eigenvalue weighted by Gasteiger charge is -2.04. The highest BCUT2D eigenvalue weighted by Gasteiger charge is 2.07. The van der Waals surface area contributed by atoms with Crippen LogP contribution in [0.5, 0.6) is 0 Å². The van der Waals surface area contributed by atoms with Crippen molar-refractivity contribution in [2.75, 3.05) is 6.61 Å². The molecule has 0 fully saturated rings. The zero-order valence-electron chi connectivity index (χ0n) is 11.6. The minimum Gasteiger partial charge on any atom is -0.478 e. The Kier molecular flexibility index (Phi) is 4.60. The van der Waals surface area contributed by atoms with Crippen LogP contribution in [0.2, 0.25) is 0 Å². The molecular weight excluding hydrogens is 286 g/mol. The van der Waals surface area contributed by atoms with E-state index >= 15 is 0 Å². The zero-order valence-corrected chi connectivity index (χ0v) is 12.4. The first-order valence-corrected chi connectivity index (χ1v) is 6.54. The lowest BCUT2D eigenvalue weighted by Crippen LogP contribution is -2.04. The van der Waals surface area contributed by atoms with Crippen molar-refractivity contribution >= 4 is 29.2 Å². The van der Waals surface area contributed by atoms with Crippen molar-refractivity contribution in [3.05, 3.63) is 54.2 Å². The number of aromatic nitrogens is 2. The van der Waals surface area contributed by atoms with E-state index in [0.717, 1.165) is 27.9 Å². The van der Waals surface area contributed by atoms with Crippen molar-refractivity contribution in [1.82, 2.24) is 9.97 Å². The molecule has 0 unspecified atom stereocenters. The standard InChI is InChI=1S/C16H15N3O.ClH/c1-2-20-16(17)12-7-6-11-9-15(19-14(11)10-12)13-5-3-4-8-18-13;/h3-10,17,19H,2H2,1H3;1H. The molecule has 1 aromatic carbocycles. The van der Waals surface area contributed by atoms with Crippen molar-refractivity contribution in [3.63, 3.8) is 0 Å². The summed E-state index contributed by atoms with van der Waals surface area (Å²) >= 11 is 0. The van der Waals surface area contributed by atoms with Crippen molar-refractivity contribution in [3.8, 4) is 11.4 Å². The summed E-state index contributed by atoms with van der Waals surface area (Å²) in [5.41, 5.74) is 3.63. The van der Waals surface area contributed by atoms with Gasteiger partial charge < -0.3 is 9.72 Å². The largest absolute Gasteiger partial charge is 0.478 e. The van der Waals surface area contributed by atoms with E-state index in [-0.39, 0.29) is 18.3 Å². The second-order valence-electron chi connectivity index (χ2n) is 4.46. The molecule has 0 amide bonds. The normalized spacial score (nSPS) is 10.1. The van der Waals surface area contributed by atoms with Crippen LogP contribution in [0.25, 0.3) is 22.3 Å². The Labute approximate surface area is 129 Å². The van der Waals surface area contributed by atoms with Gasteiger partial charge in [0.2, 0.25) is 5.90 Å². The second-order valence-corrected chi connectivity index (χ2v) is 4.46. The molecule has 0 bridgehead atoms. The smallest absolute Gasteiger partial charge is 0.213 e. The van der Waals surface area contributed by atoms with Gasteiger partial charge in [-0.15, -0.1) is 12.4 Å². The van der Waals surface area contributed by atoms with Crippen molar-refractivity contribution in [2.45, 2.75) is 6.92 Å². The first-order valence-electron chi connectivity index (χ1n) is 6.54. The van der Waals surface area contributed by atoms with Crippen LogP contribution in [0.4, 0.5) is 0 Å². The fourth-order valence-electron chi connectivity index (χ4n) is 2.16. The molecule has 3 rings (SSSR count). The number of hydrogen-bond acceptors (Lipinski definition) is 3. The summed E-state index contributed by atoms with van der Waals surface area (Å²) in [6.45, 7) is 2.38. The molecule has 108 valence electrons. The Morgan fingerprint density at radius 1 is 1.24 bits per heavy atom. The zero-order chi connectivity index (χ0) is 13.9. The molecule has 0 saturated carbocycles. The van der Waals surface area contributed by atoms with E-state index in [2.05, 4.69) is 16.0 Å². The number of aromatic amines is 1. The number of hydrogen-bond donors (Lipinski definition) is 2. The van der Waals surface area contributed by atoms with E-state index in [1.807, 2.05) is 43.3 Å². The molecule has 0 saturated heterocycles. The summed E-state index contributed by atoms with van der Waals surface area (Å²) in [7, 11) is 0. The predicted octanol–water partition coefficient (Wildman–Crippen LogP) is 4.01. The van der Waals surface area contributed by atoms with Crippen molar-refractivity contribution in [1.29, 1.82) is 5.41 Å². The highest BCUT2D eigenvalue weighted by Crippen LogP contribution is 2.23. The minimum atomic E-state index is 0. The maximum absolute atomic E-state index is 7.83. The number of H-pyrrole nitrogens is 1. The number of nitrogens with one attached hydrogen (secondary N) is 2. The quantitative estimate of drug-likeness (QED) is 0.567. The lowest BCUT2D eigenvalue weighted by atomic mass is 10.1. The molecular formula is C16H16ClN3O. The monoisotopic (exact) mass is 301 g/mol. The Balaban J connectivity index is 0.00000161. The fourth-order valence-corrected chi connectivity index (χ4v) is 2.16. The summed E-state index contributed by atoms with van der Waals surface area (Å²) < 4.78 is 5.23. The molecule has 21 heavy (non-hydrogen) atoms. The summed E-state index contributed by atoms with van der Waals surface area (Å²) in [5, 5.41) is 8.92. The van der Waals surface area contributed by atoms with Gasteiger partial charge in [-0.2, -0.15) is 0 Å². The van der Waals surface area contributed by atoms with E-state index in [4.69, 9.17) is 10.1 Å². The number of benzene rings is 1. The van der Waals surface area contributed by atoms with E-state index in [9.17, 15) is 0 Å². The van der Waals surface area contributed by atoms with Crippen LogP contribution in [0.15, 0.2) is 48.7 Å². The summed E-state index contributed by atoms with van der Waals surface area (Å²) in [4.78, 5) is 7.67. The first-order chi connectivity index (χ1) is 9.78. The fraction of sp³-hybridized carbons (Fsp3) is 0.125. The van der Waals surface area contributed by atoms with Crippen LogP contribution in [0.3, 0.4) is 0 Å². The third kappa shape index (κ3) is 3.06. The first kappa shape index (κ1) is 15.1. The lowest BCUT2D eigenvalue weighted by molar-refractivity contribution is 0.325. The molecule has 0 radical (unpaired) electrons. The van der Waals surface area contributed by atoms with Gasteiger partial charge in [-0.1, -0.05) is 12.1 Å². The molecule has 2 N–H and O–H groups in total. The molecule has 4 nitrogen and oxygen atoms in total. The van der Waals surface area contributed by atoms with E-state index in [0.29, 0.717) is 6.61 Å². The van der Waals surface area contributed by atoms with E-state index in [1.54, 1.807) is 6.20 Å². The average molecular weight is 302 g/mol. The van der Waals surface area contributed by atoms with Gasteiger partial charge in [-0.3, -0.25) is 10.4 Å². The van der Waals surface area contributed by atoms with Crippen LogP contribution in [-0.2, 0) is 4.74 Å². The maximum atomic E-state index is 7.83. The molecule has 2 aromatic heterocycles. The maximum Gasteiger partial charge on any atom is 0.213 e. The molecule has 5 heteroatoms. The molecule has 2 heterocycles. The van der Waals surface area contributed by atoms with Gasteiger partial charge in [-0.05, 0) is 37.3 Å². The number of nitrogens with zero attached hydrogens (tertiary/aromatic N) is 1. The van der Waals surface area contributed by atoms with Crippen LogP contribution >= 0.6 is 12.4 Å². The van der Waals surface area contributed by atoms with Gasteiger partial charge >= 0.3 is 0 Å². The van der Waals surface area contributed by atoms with Crippen LogP contribution in [0, 0.1) is 5.41 Å². The van der Waals surface area contributed by atoms with Crippen molar-refractivity contribution in [2.24, 2.45) is 0 Å². The van der Waals surface area contributed by atoms with Crippen molar-refractivity contribution < 1.29 is 4.74 Å². The summed E-state index contributed by atoms with van der Waals surface area (Å²) in [5.74, 6) is 0.198. The van der Waals surface area contributed by atoms with Crippen LogP contribution in [-0.4, -0.2) is 22.5 Å². The van der Waals surface area contributed by atoms with Gasteiger partial charge in [0.15, 0.2) is 0 Å². The number of fused-ring (bicyclic) bond motifs is 1. The molecule has 3 aromatic rings. The Morgan fingerprint density at radius 3 is 2.81 bits per heavy atom. The molecule has 0 aliphatic heterocycles. The van der Waals surface area contributed by atoms with E-state index in [1.165, 1.54) is 0 Å². The Morgan fingerprint density at radius 2 is 2.10 bits per heavy atom. The van der Waals surface area contributed by atoms with Gasteiger partial charge in [0.1, 0.15) is 0 Å². The summed E-state index contributed by atoms with van der Waals surface area (Å²) in [6.07, 6.45) is 1.77. The van der Waals surface area contributed by atoms with Gasteiger partial charge in [0.05, 0.1) is 18.0 Å². The molecule has 0 aliphatic carbocycles. The van der Waals surface area contributed by atoms with Gasteiger partial charge in [0, 0.05) is 22.7 Å². The second kappa shape index (κ2) is 6.41. The average Bonchev–Trinajstić information content (AvgIpc) is 2.91. The Hall–Kier alpha value is -2.33. The Bertz CT molecular complexity index is 753. The third-order valence-electron chi connectivity index (χ3n) is 3.11. The third-order valence-corrected chi connectivity index (χ3v) is 3.11. The molecule has 0 aliphatic rings. The number of ether oxygens (including phenoxy) is 1. The van der Waals surface area contributed by atoms with Gasteiger partial charge in [0.25, 0.3) is 0 Å². The number of pyridine rings is 1. The van der Waals surface area contributed by atoms with Crippen LogP contribution in [0.1, 0.15) is 12.5 Å². The highest BCUT2D eigenvalue weighted by molar-refractivity contribution is 5.97. The SMILES string of the molecule is CCOC(=N)c1ccc2cc(-c3ccccn3)[nH]c2c1.Cl. The van der Waals surface area contributed by atoms with Gasteiger partial charge in [-0.25, -0.2) is 0 Å².